The summed E-state index contributed by atoms with van der Waals surface area (Å²) < 4.78 is 0. The Labute approximate surface area is 142 Å². The standard InChI is InChI=1S/C20H24N2O2/c23-13-7-12-18(16-10-5-2-6-11-16)21-20(24)22-19-14-17(19)15-8-3-1-4-9-15/h1-6,8-11,17-19,23H,7,12-14H2,(H2,21,22,24). The van der Waals surface area contributed by atoms with Crippen LogP contribution in [0.1, 0.15) is 42.3 Å². The van der Waals surface area contributed by atoms with E-state index >= 15 is 0 Å². The minimum Gasteiger partial charge on any atom is -0.396 e. The average molecular weight is 324 g/mol. The summed E-state index contributed by atoms with van der Waals surface area (Å²) in [4.78, 5) is 12.3. The van der Waals surface area contributed by atoms with Gasteiger partial charge in [0.1, 0.15) is 0 Å². The van der Waals surface area contributed by atoms with Gasteiger partial charge in [-0.15, -0.1) is 0 Å². The fourth-order valence-electron chi connectivity index (χ4n) is 3.09. The summed E-state index contributed by atoms with van der Waals surface area (Å²) in [5, 5.41) is 15.2. The SMILES string of the molecule is O=C(NC(CCCO)c1ccccc1)NC1CC1c1ccccc1. The molecule has 2 amide bonds. The number of carbonyl (C=O) groups excluding carboxylic acids is 1. The van der Waals surface area contributed by atoms with E-state index in [9.17, 15) is 4.79 Å². The van der Waals surface area contributed by atoms with Gasteiger partial charge in [0.2, 0.25) is 0 Å². The molecule has 3 rings (SSSR count). The number of aliphatic hydroxyl groups is 1. The van der Waals surface area contributed by atoms with E-state index < -0.39 is 0 Å². The van der Waals surface area contributed by atoms with Crippen LogP contribution in [0, 0.1) is 0 Å². The first-order valence-corrected chi connectivity index (χ1v) is 8.55. The number of carbonyl (C=O) groups is 1. The van der Waals surface area contributed by atoms with Crippen LogP contribution in [0.25, 0.3) is 0 Å². The van der Waals surface area contributed by atoms with Crippen LogP contribution < -0.4 is 10.6 Å². The van der Waals surface area contributed by atoms with Gasteiger partial charge in [-0.3, -0.25) is 0 Å². The van der Waals surface area contributed by atoms with Crippen molar-refractivity contribution in [2.45, 2.75) is 37.3 Å². The molecule has 0 radical (unpaired) electrons. The second-order valence-corrected chi connectivity index (χ2v) is 6.31. The molecule has 0 aromatic heterocycles. The molecule has 0 bridgehead atoms. The van der Waals surface area contributed by atoms with Gasteiger partial charge in [-0.2, -0.15) is 0 Å². The molecule has 2 aromatic carbocycles. The summed E-state index contributed by atoms with van der Waals surface area (Å²) >= 11 is 0. The molecular formula is C20H24N2O2. The smallest absolute Gasteiger partial charge is 0.315 e. The Bertz CT molecular complexity index is 645. The van der Waals surface area contributed by atoms with E-state index in [1.165, 1.54) is 5.56 Å². The summed E-state index contributed by atoms with van der Waals surface area (Å²) in [6.45, 7) is 0.130. The van der Waals surface area contributed by atoms with Crippen molar-refractivity contribution in [2.24, 2.45) is 0 Å². The lowest BCUT2D eigenvalue weighted by molar-refractivity contribution is 0.232. The molecule has 24 heavy (non-hydrogen) atoms. The van der Waals surface area contributed by atoms with E-state index in [1.54, 1.807) is 0 Å². The number of hydrogen-bond acceptors (Lipinski definition) is 2. The predicted octanol–water partition coefficient (Wildman–Crippen LogP) is 3.36. The van der Waals surface area contributed by atoms with Crippen molar-refractivity contribution in [1.82, 2.24) is 10.6 Å². The molecule has 0 spiro atoms. The first-order valence-electron chi connectivity index (χ1n) is 8.55. The molecule has 3 unspecified atom stereocenters. The van der Waals surface area contributed by atoms with Crippen LogP contribution in [-0.4, -0.2) is 23.8 Å². The molecule has 4 heteroatoms. The molecule has 3 N–H and O–H groups in total. The Hall–Kier alpha value is -2.33. The lowest BCUT2D eigenvalue weighted by atomic mass is 10.0. The first kappa shape index (κ1) is 16.5. The molecule has 126 valence electrons. The molecular weight excluding hydrogens is 300 g/mol. The van der Waals surface area contributed by atoms with E-state index in [4.69, 9.17) is 5.11 Å². The lowest BCUT2D eigenvalue weighted by Gasteiger charge is -2.19. The van der Waals surface area contributed by atoms with E-state index in [0.717, 1.165) is 18.4 Å². The van der Waals surface area contributed by atoms with Crippen LogP contribution in [0.15, 0.2) is 60.7 Å². The fraction of sp³-hybridized carbons (Fsp3) is 0.350. The van der Waals surface area contributed by atoms with Gasteiger partial charge in [0, 0.05) is 18.6 Å². The van der Waals surface area contributed by atoms with Crippen molar-refractivity contribution in [1.29, 1.82) is 0 Å². The summed E-state index contributed by atoms with van der Waals surface area (Å²) in [6, 6.07) is 20.2. The number of aliphatic hydroxyl groups excluding tert-OH is 1. The maximum atomic E-state index is 12.3. The lowest BCUT2D eigenvalue weighted by Crippen LogP contribution is -2.39. The number of nitrogens with one attached hydrogen (secondary N) is 2. The second kappa shape index (κ2) is 7.97. The van der Waals surface area contributed by atoms with Crippen LogP contribution >= 0.6 is 0 Å². The van der Waals surface area contributed by atoms with Gasteiger partial charge in [-0.05, 0) is 30.4 Å². The normalized spacial score (nSPS) is 20.2. The third-order valence-corrected chi connectivity index (χ3v) is 4.49. The number of amides is 2. The van der Waals surface area contributed by atoms with Crippen LogP contribution in [-0.2, 0) is 0 Å². The van der Waals surface area contributed by atoms with Crippen molar-refractivity contribution in [2.75, 3.05) is 6.61 Å². The summed E-state index contributed by atoms with van der Waals surface area (Å²) in [5.74, 6) is 0.421. The number of hydrogen-bond donors (Lipinski definition) is 3. The molecule has 0 aliphatic heterocycles. The molecule has 2 aromatic rings. The van der Waals surface area contributed by atoms with Gasteiger partial charge in [-0.1, -0.05) is 60.7 Å². The van der Waals surface area contributed by atoms with Crippen LogP contribution in [0.2, 0.25) is 0 Å². The highest BCUT2D eigenvalue weighted by Gasteiger charge is 2.39. The molecule has 1 fully saturated rings. The number of urea groups is 1. The van der Waals surface area contributed by atoms with Gasteiger partial charge < -0.3 is 15.7 Å². The Morgan fingerprint density at radius 1 is 1.08 bits per heavy atom. The third-order valence-electron chi connectivity index (χ3n) is 4.49. The van der Waals surface area contributed by atoms with Crippen molar-refractivity contribution in [3.63, 3.8) is 0 Å². The van der Waals surface area contributed by atoms with Crippen molar-refractivity contribution >= 4 is 6.03 Å². The minimum atomic E-state index is -0.134. The maximum Gasteiger partial charge on any atom is 0.315 e. The summed E-state index contributed by atoms with van der Waals surface area (Å²) in [7, 11) is 0. The van der Waals surface area contributed by atoms with Crippen LogP contribution in [0.4, 0.5) is 4.79 Å². The highest BCUT2D eigenvalue weighted by atomic mass is 16.3. The van der Waals surface area contributed by atoms with Gasteiger partial charge >= 0.3 is 6.03 Å². The topological polar surface area (TPSA) is 61.4 Å². The Kier molecular flexibility index (Phi) is 5.49. The molecule has 0 saturated heterocycles. The molecule has 0 heterocycles. The molecule has 4 nitrogen and oxygen atoms in total. The average Bonchev–Trinajstić information content (AvgIpc) is 3.39. The Balaban J connectivity index is 1.54. The Morgan fingerprint density at radius 3 is 2.42 bits per heavy atom. The predicted molar refractivity (Wildman–Crippen MR) is 94.8 cm³/mol. The number of rotatable bonds is 7. The van der Waals surface area contributed by atoms with Gasteiger partial charge in [0.05, 0.1) is 6.04 Å². The zero-order valence-corrected chi connectivity index (χ0v) is 13.7. The molecule has 1 aliphatic carbocycles. The highest BCUT2D eigenvalue weighted by molar-refractivity contribution is 5.75. The van der Waals surface area contributed by atoms with E-state index in [2.05, 4.69) is 22.8 Å². The highest BCUT2D eigenvalue weighted by Crippen LogP contribution is 2.40. The molecule has 3 atom stereocenters. The quantitative estimate of drug-likeness (QED) is 0.731. The molecule has 1 saturated carbocycles. The largest absolute Gasteiger partial charge is 0.396 e. The fourth-order valence-corrected chi connectivity index (χ4v) is 3.09. The second-order valence-electron chi connectivity index (χ2n) is 6.31. The monoisotopic (exact) mass is 324 g/mol. The van der Waals surface area contributed by atoms with E-state index in [1.807, 2.05) is 48.5 Å². The van der Waals surface area contributed by atoms with Crippen LogP contribution in [0.3, 0.4) is 0 Å². The zero-order valence-electron chi connectivity index (χ0n) is 13.7. The van der Waals surface area contributed by atoms with Crippen LogP contribution in [0.5, 0.6) is 0 Å². The Morgan fingerprint density at radius 2 is 1.75 bits per heavy atom. The van der Waals surface area contributed by atoms with Gasteiger partial charge in [0.15, 0.2) is 0 Å². The van der Waals surface area contributed by atoms with Gasteiger partial charge in [-0.25, -0.2) is 4.79 Å². The summed E-state index contributed by atoms with van der Waals surface area (Å²) in [5.41, 5.74) is 2.35. The number of benzene rings is 2. The van der Waals surface area contributed by atoms with Crippen molar-refractivity contribution in [3.05, 3.63) is 71.8 Å². The van der Waals surface area contributed by atoms with Crippen molar-refractivity contribution in [3.8, 4) is 0 Å². The zero-order chi connectivity index (χ0) is 16.8. The summed E-state index contributed by atoms with van der Waals surface area (Å²) in [6.07, 6.45) is 2.38. The molecule has 1 aliphatic rings. The van der Waals surface area contributed by atoms with E-state index in [-0.39, 0.29) is 24.7 Å². The van der Waals surface area contributed by atoms with E-state index in [0.29, 0.717) is 12.3 Å². The third kappa shape index (κ3) is 4.36. The first-order chi connectivity index (χ1) is 11.8. The maximum absolute atomic E-state index is 12.3. The van der Waals surface area contributed by atoms with Crippen molar-refractivity contribution < 1.29 is 9.90 Å². The van der Waals surface area contributed by atoms with Gasteiger partial charge in [0.25, 0.3) is 0 Å². The minimum absolute atomic E-state index is 0.0766.